The minimum Gasteiger partial charge on any atom is -0.340 e. The van der Waals surface area contributed by atoms with Crippen LogP contribution in [0.4, 0.5) is 0 Å². The van der Waals surface area contributed by atoms with Gasteiger partial charge in [-0.3, -0.25) is 9.39 Å². The van der Waals surface area contributed by atoms with Crippen molar-refractivity contribution < 1.29 is 0 Å². The number of rotatable bonds is 6. The highest BCUT2D eigenvalue weighted by Gasteiger charge is 2.29. The number of fused-ring (bicyclic) bond motifs is 4. The summed E-state index contributed by atoms with van der Waals surface area (Å²) >= 11 is 0. The van der Waals surface area contributed by atoms with E-state index in [4.69, 9.17) is 9.98 Å². The number of allylic oxidation sites excluding steroid dienone is 2. The molecule has 0 saturated heterocycles. The molecular weight excluding hydrogens is 681 g/mol. The van der Waals surface area contributed by atoms with E-state index >= 15 is 0 Å². The third-order valence-electron chi connectivity index (χ3n) is 11.3. The fourth-order valence-corrected chi connectivity index (χ4v) is 8.66. The Morgan fingerprint density at radius 3 is 1.61 bits per heavy atom. The summed E-state index contributed by atoms with van der Waals surface area (Å²) in [5.74, 6) is 0. The fourth-order valence-electron chi connectivity index (χ4n) is 8.66. The third-order valence-corrected chi connectivity index (χ3v) is 11.3. The second-order valence-corrected chi connectivity index (χ2v) is 14.5. The number of hydrogen-bond acceptors (Lipinski definition) is 3. The quantitative estimate of drug-likeness (QED) is 0.161. The Balaban J connectivity index is 0.948. The summed E-state index contributed by atoms with van der Waals surface area (Å²) in [4.78, 5) is 12.6. The number of aromatic nitrogens is 2. The number of aliphatic imine (C=N–C) groups is 1. The van der Waals surface area contributed by atoms with Crippen molar-refractivity contribution in [3.05, 3.63) is 211 Å². The predicted molar refractivity (Wildman–Crippen MR) is 233 cm³/mol. The van der Waals surface area contributed by atoms with Gasteiger partial charge in [0.15, 0.2) is 0 Å². The molecule has 264 valence electrons. The van der Waals surface area contributed by atoms with Crippen LogP contribution in [0.25, 0.3) is 77.7 Å². The largest absolute Gasteiger partial charge is 0.340 e. The number of pyridine rings is 1. The minimum absolute atomic E-state index is 0.0198. The zero-order valence-corrected chi connectivity index (χ0v) is 30.6. The standard InChI is InChI=1S/C52H36N4/c1-3-13-37(14-4-1)47-21-11-23-49-53-45(33-55(47)49)35-25-29-39(30-26-35)51-41-17-7-9-19-43(41)52(44-20-10-8-18-42(44)51)40-31-27-36(28-32-40)46-34-56-48(22-12-24-50(56)54-46)38-15-5-2-6-16-38/h1-33,50H,34H2. The Labute approximate surface area is 325 Å². The third kappa shape index (κ3) is 5.38. The highest BCUT2D eigenvalue weighted by molar-refractivity contribution is 6.21. The van der Waals surface area contributed by atoms with Crippen LogP contribution < -0.4 is 0 Å². The normalized spacial score (nSPS) is 15.0. The lowest BCUT2D eigenvalue weighted by Crippen LogP contribution is -2.30. The number of nitrogens with zero attached hydrogens (tertiary/aromatic N) is 4. The molecule has 0 aliphatic carbocycles. The second-order valence-electron chi connectivity index (χ2n) is 14.5. The van der Waals surface area contributed by atoms with Crippen LogP contribution in [0.3, 0.4) is 0 Å². The van der Waals surface area contributed by atoms with Crippen LogP contribution in [0.1, 0.15) is 11.1 Å². The molecule has 4 heteroatoms. The highest BCUT2D eigenvalue weighted by Crippen LogP contribution is 2.44. The molecule has 4 heterocycles. The minimum atomic E-state index is 0.0198. The summed E-state index contributed by atoms with van der Waals surface area (Å²) in [5.41, 5.74) is 14.9. The molecule has 7 aromatic carbocycles. The van der Waals surface area contributed by atoms with Gasteiger partial charge in [0.25, 0.3) is 0 Å². The first-order chi connectivity index (χ1) is 27.8. The molecule has 1 atom stereocenters. The van der Waals surface area contributed by atoms with Gasteiger partial charge in [0.1, 0.15) is 11.8 Å². The van der Waals surface area contributed by atoms with Crippen LogP contribution in [0.15, 0.2) is 205 Å². The van der Waals surface area contributed by atoms with Crippen molar-refractivity contribution in [2.45, 2.75) is 6.17 Å². The predicted octanol–water partition coefficient (Wildman–Crippen LogP) is 12.4. The molecule has 2 aromatic heterocycles. The van der Waals surface area contributed by atoms with Gasteiger partial charge in [-0.15, -0.1) is 0 Å². The zero-order chi connectivity index (χ0) is 37.0. The summed E-state index contributed by atoms with van der Waals surface area (Å²) in [6, 6.07) is 63.1. The van der Waals surface area contributed by atoms with Crippen molar-refractivity contribution in [3.63, 3.8) is 0 Å². The van der Waals surface area contributed by atoms with Gasteiger partial charge in [-0.1, -0.05) is 170 Å². The molecule has 11 rings (SSSR count). The van der Waals surface area contributed by atoms with Gasteiger partial charge in [-0.2, -0.15) is 0 Å². The van der Waals surface area contributed by atoms with Crippen molar-refractivity contribution in [3.8, 4) is 44.8 Å². The molecule has 0 spiro atoms. The lowest BCUT2D eigenvalue weighted by atomic mass is 9.85. The lowest BCUT2D eigenvalue weighted by molar-refractivity contribution is 0.416. The van der Waals surface area contributed by atoms with E-state index in [1.807, 2.05) is 0 Å². The highest BCUT2D eigenvalue weighted by atomic mass is 15.3. The summed E-state index contributed by atoms with van der Waals surface area (Å²) in [5, 5.41) is 4.96. The molecule has 56 heavy (non-hydrogen) atoms. The Bertz CT molecular complexity index is 2970. The summed E-state index contributed by atoms with van der Waals surface area (Å²) in [7, 11) is 0. The number of benzene rings is 7. The number of imidazole rings is 1. The maximum atomic E-state index is 5.17. The molecule has 0 amide bonds. The first-order valence-electron chi connectivity index (χ1n) is 19.2. The Kier molecular flexibility index (Phi) is 7.59. The molecule has 1 unspecified atom stereocenters. The maximum absolute atomic E-state index is 5.17. The van der Waals surface area contributed by atoms with Crippen LogP contribution >= 0.6 is 0 Å². The Morgan fingerprint density at radius 2 is 1.00 bits per heavy atom. The van der Waals surface area contributed by atoms with Crippen molar-refractivity contribution >= 4 is 38.6 Å². The molecule has 2 aliphatic rings. The summed E-state index contributed by atoms with van der Waals surface area (Å²) in [6.45, 7) is 0.778. The molecule has 2 aliphatic heterocycles. The van der Waals surface area contributed by atoms with E-state index in [1.54, 1.807) is 0 Å². The van der Waals surface area contributed by atoms with Gasteiger partial charge in [0.2, 0.25) is 0 Å². The molecule has 4 nitrogen and oxygen atoms in total. The molecule has 0 bridgehead atoms. The van der Waals surface area contributed by atoms with Gasteiger partial charge in [0, 0.05) is 17.5 Å². The van der Waals surface area contributed by atoms with E-state index in [-0.39, 0.29) is 6.17 Å². The topological polar surface area (TPSA) is 32.9 Å². The van der Waals surface area contributed by atoms with Crippen molar-refractivity contribution in [2.24, 2.45) is 4.99 Å². The van der Waals surface area contributed by atoms with Crippen LogP contribution in [-0.4, -0.2) is 32.7 Å². The smallest absolute Gasteiger partial charge is 0.141 e. The molecule has 0 radical (unpaired) electrons. The zero-order valence-electron chi connectivity index (χ0n) is 30.6. The fraction of sp³-hybridized carbons (Fsp3) is 0.0385. The van der Waals surface area contributed by atoms with E-state index in [9.17, 15) is 0 Å². The van der Waals surface area contributed by atoms with Gasteiger partial charge < -0.3 is 4.90 Å². The number of hydrogen-bond donors (Lipinski definition) is 0. The molecule has 0 saturated carbocycles. The van der Waals surface area contributed by atoms with Gasteiger partial charge >= 0.3 is 0 Å². The van der Waals surface area contributed by atoms with E-state index in [1.165, 1.54) is 60.6 Å². The van der Waals surface area contributed by atoms with Crippen molar-refractivity contribution in [1.82, 2.24) is 14.3 Å². The van der Waals surface area contributed by atoms with Crippen molar-refractivity contribution in [1.29, 1.82) is 0 Å². The van der Waals surface area contributed by atoms with E-state index in [0.29, 0.717) is 0 Å². The van der Waals surface area contributed by atoms with Crippen molar-refractivity contribution in [2.75, 3.05) is 6.54 Å². The van der Waals surface area contributed by atoms with Gasteiger partial charge in [-0.25, -0.2) is 4.98 Å². The first kappa shape index (κ1) is 32.2. The average Bonchev–Trinajstić information content (AvgIpc) is 3.92. The van der Waals surface area contributed by atoms with Gasteiger partial charge in [-0.05, 0) is 84.8 Å². The van der Waals surface area contributed by atoms with Crippen LogP contribution in [0.2, 0.25) is 0 Å². The lowest BCUT2D eigenvalue weighted by Gasteiger charge is -2.28. The van der Waals surface area contributed by atoms with E-state index in [2.05, 4.69) is 210 Å². The Morgan fingerprint density at radius 1 is 0.464 bits per heavy atom. The summed E-state index contributed by atoms with van der Waals surface area (Å²) in [6.07, 6.45) is 8.69. The molecule has 0 fully saturated rings. The molecular formula is C52H36N4. The summed E-state index contributed by atoms with van der Waals surface area (Å²) < 4.78 is 2.19. The monoisotopic (exact) mass is 716 g/mol. The van der Waals surface area contributed by atoms with Crippen LogP contribution in [-0.2, 0) is 0 Å². The molecule has 0 N–H and O–H groups in total. The van der Waals surface area contributed by atoms with E-state index < -0.39 is 0 Å². The van der Waals surface area contributed by atoms with Gasteiger partial charge in [0.05, 0.1) is 23.6 Å². The Hall–Kier alpha value is -7.30. The first-order valence-corrected chi connectivity index (χ1v) is 19.2. The average molecular weight is 717 g/mol. The SMILES string of the molecule is C1=CC2N=C(c3ccc(-c4c5ccccc5c(-c5ccc(-c6cn7c(-c8ccccc8)cccc7n6)cc5)c5ccccc45)cc3)CN2C(c2ccccc2)=C1. The molecule has 9 aromatic rings. The maximum Gasteiger partial charge on any atom is 0.141 e. The van der Waals surface area contributed by atoms with E-state index in [0.717, 1.165) is 40.4 Å². The van der Waals surface area contributed by atoms with Crippen LogP contribution in [0, 0.1) is 0 Å². The second kappa shape index (κ2) is 13.2. The van der Waals surface area contributed by atoms with Crippen LogP contribution in [0.5, 0.6) is 0 Å².